The predicted octanol–water partition coefficient (Wildman–Crippen LogP) is -0.103. The molecule has 58 valence electrons. The summed E-state index contributed by atoms with van der Waals surface area (Å²) in [5.41, 5.74) is 0. The van der Waals surface area contributed by atoms with Crippen LogP contribution >= 0.6 is 0 Å². The smallest absolute Gasteiger partial charge is 0.234 e. The van der Waals surface area contributed by atoms with E-state index in [0.717, 1.165) is 0 Å². The van der Waals surface area contributed by atoms with Crippen LogP contribution in [-0.4, -0.2) is 25.5 Å². The fourth-order valence-electron chi connectivity index (χ4n) is 0.524. The lowest BCUT2D eigenvalue weighted by molar-refractivity contribution is -0.120. The van der Waals surface area contributed by atoms with Crippen LogP contribution in [0, 0.1) is 0 Å². The minimum atomic E-state index is -0.00472. The molecule has 0 bridgehead atoms. The molecular formula is C7H14N2O. The third kappa shape index (κ3) is 4.09. The quantitative estimate of drug-likeness (QED) is 0.538. The Labute approximate surface area is 61.5 Å². The summed E-state index contributed by atoms with van der Waals surface area (Å²) in [5, 5.41) is 5.46. The van der Waals surface area contributed by atoms with Gasteiger partial charge in [-0.1, -0.05) is 6.08 Å². The molecule has 0 aromatic heterocycles. The third-order valence-electron chi connectivity index (χ3n) is 1.08. The predicted molar refractivity (Wildman–Crippen MR) is 41.7 cm³/mol. The molecule has 3 heteroatoms. The van der Waals surface area contributed by atoms with Crippen LogP contribution in [0.5, 0.6) is 0 Å². The Morgan fingerprint density at radius 3 is 2.80 bits per heavy atom. The Bertz CT molecular complexity index is 123. The molecule has 0 aliphatic heterocycles. The van der Waals surface area contributed by atoms with Crippen molar-refractivity contribution < 1.29 is 4.79 Å². The van der Waals surface area contributed by atoms with Crippen LogP contribution in [0.3, 0.4) is 0 Å². The molecule has 1 amide bonds. The molecule has 0 aromatic carbocycles. The maximum Gasteiger partial charge on any atom is 0.234 e. The number of likely N-dealkylation sites (N-methyl/N-ethyl adjacent to an activating group) is 1. The van der Waals surface area contributed by atoms with Crippen molar-refractivity contribution in [2.24, 2.45) is 0 Å². The average Bonchev–Trinajstić information content (AvgIpc) is 1.88. The van der Waals surface area contributed by atoms with Crippen molar-refractivity contribution in [2.45, 2.75) is 13.0 Å². The highest BCUT2D eigenvalue weighted by atomic mass is 16.1. The monoisotopic (exact) mass is 142 g/mol. The summed E-state index contributed by atoms with van der Waals surface area (Å²) in [4.78, 5) is 10.8. The molecule has 2 N–H and O–H groups in total. The van der Waals surface area contributed by atoms with Crippen molar-refractivity contribution in [3.63, 3.8) is 0 Å². The molecule has 0 fully saturated rings. The van der Waals surface area contributed by atoms with Crippen LogP contribution in [0.25, 0.3) is 0 Å². The summed E-state index contributed by atoms with van der Waals surface area (Å²) >= 11 is 0. The minimum Gasteiger partial charge on any atom is -0.349 e. The Hall–Kier alpha value is -0.830. The molecule has 0 saturated heterocycles. The van der Waals surface area contributed by atoms with Gasteiger partial charge < -0.3 is 10.6 Å². The highest BCUT2D eigenvalue weighted by molar-refractivity contribution is 5.78. The Balaban J connectivity index is 3.46. The Morgan fingerprint density at radius 2 is 2.40 bits per heavy atom. The standard InChI is InChI=1S/C7H14N2O/c1-4-6(2)9-7(10)5-8-3/h4,6,8H,1,5H2,2-3H3,(H,9,10). The van der Waals surface area contributed by atoms with Crippen LogP contribution in [0.2, 0.25) is 0 Å². The number of amides is 1. The van der Waals surface area contributed by atoms with Crippen LogP contribution in [0.1, 0.15) is 6.92 Å². The molecule has 3 nitrogen and oxygen atoms in total. The van der Waals surface area contributed by atoms with E-state index in [-0.39, 0.29) is 11.9 Å². The molecule has 0 aliphatic carbocycles. The van der Waals surface area contributed by atoms with E-state index in [4.69, 9.17) is 0 Å². The first-order valence-corrected chi connectivity index (χ1v) is 3.27. The first-order valence-electron chi connectivity index (χ1n) is 3.27. The summed E-state index contributed by atoms with van der Waals surface area (Å²) in [5.74, 6) is -0.00472. The Morgan fingerprint density at radius 1 is 1.80 bits per heavy atom. The van der Waals surface area contributed by atoms with E-state index in [1.54, 1.807) is 13.1 Å². The van der Waals surface area contributed by atoms with Crippen molar-refractivity contribution in [2.75, 3.05) is 13.6 Å². The first-order chi connectivity index (χ1) is 4.70. The number of hydrogen-bond acceptors (Lipinski definition) is 2. The van der Waals surface area contributed by atoms with Gasteiger partial charge in [-0.2, -0.15) is 0 Å². The summed E-state index contributed by atoms with van der Waals surface area (Å²) < 4.78 is 0. The lowest BCUT2D eigenvalue weighted by atomic mass is 10.3. The van der Waals surface area contributed by atoms with Crippen molar-refractivity contribution in [3.8, 4) is 0 Å². The topological polar surface area (TPSA) is 41.1 Å². The van der Waals surface area contributed by atoms with Crippen molar-refractivity contribution in [1.29, 1.82) is 0 Å². The molecule has 0 aromatic rings. The van der Waals surface area contributed by atoms with Crippen LogP contribution in [0.4, 0.5) is 0 Å². The molecule has 0 aliphatic rings. The van der Waals surface area contributed by atoms with E-state index in [0.29, 0.717) is 6.54 Å². The summed E-state index contributed by atoms with van der Waals surface area (Å²) in [6, 6.07) is 0.0563. The third-order valence-corrected chi connectivity index (χ3v) is 1.08. The van der Waals surface area contributed by atoms with E-state index in [9.17, 15) is 4.79 Å². The Kier molecular flexibility index (Phi) is 4.58. The summed E-state index contributed by atoms with van der Waals surface area (Å²) in [7, 11) is 1.73. The second-order valence-electron chi connectivity index (χ2n) is 2.12. The van der Waals surface area contributed by atoms with Gasteiger partial charge in [0.15, 0.2) is 0 Å². The molecule has 0 heterocycles. The van der Waals surface area contributed by atoms with Gasteiger partial charge in [0.05, 0.1) is 6.54 Å². The summed E-state index contributed by atoms with van der Waals surface area (Å²) in [6.07, 6.45) is 1.69. The number of nitrogens with one attached hydrogen (secondary N) is 2. The number of carbonyl (C=O) groups excluding carboxylic acids is 1. The van der Waals surface area contributed by atoms with Crippen molar-refractivity contribution in [1.82, 2.24) is 10.6 Å². The zero-order chi connectivity index (χ0) is 7.98. The molecule has 10 heavy (non-hydrogen) atoms. The van der Waals surface area contributed by atoms with Gasteiger partial charge in [-0.15, -0.1) is 6.58 Å². The lowest BCUT2D eigenvalue weighted by Gasteiger charge is -2.07. The molecule has 0 radical (unpaired) electrons. The van der Waals surface area contributed by atoms with Crippen molar-refractivity contribution >= 4 is 5.91 Å². The molecule has 0 rings (SSSR count). The maximum atomic E-state index is 10.8. The zero-order valence-electron chi connectivity index (χ0n) is 6.48. The van der Waals surface area contributed by atoms with Gasteiger partial charge in [-0.05, 0) is 14.0 Å². The summed E-state index contributed by atoms with van der Waals surface area (Å²) in [6.45, 7) is 5.77. The normalized spacial score (nSPS) is 12.2. The minimum absolute atomic E-state index is 0.00472. The number of hydrogen-bond donors (Lipinski definition) is 2. The second-order valence-corrected chi connectivity index (χ2v) is 2.12. The lowest BCUT2D eigenvalue weighted by Crippen LogP contribution is -2.36. The van der Waals surface area contributed by atoms with E-state index < -0.39 is 0 Å². The fraction of sp³-hybridized carbons (Fsp3) is 0.571. The largest absolute Gasteiger partial charge is 0.349 e. The van der Waals surface area contributed by atoms with Gasteiger partial charge in [0.1, 0.15) is 0 Å². The van der Waals surface area contributed by atoms with E-state index >= 15 is 0 Å². The zero-order valence-corrected chi connectivity index (χ0v) is 6.48. The van der Waals surface area contributed by atoms with Crippen molar-refractivity contribution in [3.05, 3.63) is 12.7 Å². The first kappa shape index (κ1) is 9.17. The average molecular weight is 142 g/mol. The van der Waals surface area contributed by atoms with Gasteiger partial charge in [-0.3, -0.25) is 4.79 Å². The fourth-order valence-corrected chi connectivity index (χ4v) is 0.524. The molecule has 0 saturated carbocycles. The SMILES string of the molecule is C=CC(C)NC(=O)CNC. The molecule has 0 spiro atoms. The maximum absolute atomic E-state index is 10.8. The second kappa shape index (κ2) is 4.99. The van der Waals surface area contributed by atoms with Crippen LogP contribution in [0.15, 0.2) is 12.7 Å². The van der Waals surface area contributed by atoms with Gasteiger partial charge in [0, 0.05) is 6.04 Å². The number of rotatable bonds is 4. The van der Waals surface area contributed by atoms with E-state index in [1.807, 2.05) is 6.92 Å². The molecule has 1 atom stereocenters. The molecular weight excluding hydrogens is 128 g/mol. The van der Waals surface area contributed by atoms with Crippen LogP contribution in [-0.2, 0) is 4.79 Å². The van der Waals surface area contributed by atoms with Gasteiger partial charge in [0.25, 0.3) is 0 Å². The van der Waals surface area contributed by atoms with E-state index in [1.165, 1.54) is 0 Å². The number of carbonyl (C=O) groups is 1. The highest BCUT2D eigenvalue weighted by Crippen LogP contribution is 1.79. The van der Waals surface area contributed by atoms with Crippen LogP contribution < -0.4 is 10.6 Å². The van der Waals surface area contributed by atoms with Gasteiger partial charge in [-0.25, -0.2) is 0 Å². The van der Waals surface area contributed by atoms with E-state index in [2.05, 4.69) is 17.2 Å². The van der Waals surface area contributed by atoms with Gasteiger partial charge >= 0.3 is 0 Å². The van der Waals surface area contributed by atoms with Gasteiger partial charge in [0.2, 0.25) is 5.91 Å². The molecule has 1 unspecified atom stereocenters. The highest BCUT2D eigenvalue weighted by Gasteiger charge is 2.00.